The molecule has 0 spiro atoms. The van der Waals surface area contributed by atoms with E-state index in [2.05, 4.69) is 4.74 Å². The van der Waals surface area contributed by atoms with Gasteiger partial charge >= 0.3 is 6.61 Å². The summed E-state index contributed by atoms with van der Waals surface area (Å²) in [5.41, 5.74) is 0.650. The first-order valence-corrected chi connectivity index (χ1v) is 5.53. The molecule has 4 heteroatoms. The van der Waals surface area contributed by atoms with E-state index in [-0.39, 0.29) is 11.5 Å². The molecule has 0 saturated heterocycles. The molecule has 0 heterocycles. The molecular formula is C13H14F2O2. The number of hydrogen-bond acceptors (Lipinski definition) is 2. The third kappa shape index (κ3) is 2.04. The fraction of sp³-hybridized carbons (Fsp3) is 0.462. The van der Waals surface area contributed by atoms with E-state index in [0.29, 0.717) is 24.0 Å². The van der Waals surface area contributed by atoms with Crippen LogP contribution in [0.1, 0.15) is 30.9 Å². The van der Waals surface area contributed by atoms with Gasteiger partial charge in [0.1, 0.15) is 11.5 Å². The van der Waals surface area contributed by atoms with Crippen LogP contribution in [0, 0.1) is 6.92 Å². The standard InChI is InChI=1S/C13H14F2O2/c1-8-4-3-5-10(11(8)17-12(14)15)13(6-7-13)9(2)16/h3-5,12H,6-7H2,1-2H3. The number of benzene rings is 1. The van der Waals surface area contributed by atoms with Crippen LogP contribution in [0.3, 0.4) is 0 Å². The van der Waals surface area contributed by atoms with Crippen LogP contribution in [-0.2, 0) is 10.2 Å². The molecule has 0 bridgehead atoms. The maximum absolute atomic E-state index is 12.4. The summed E-state index contributed by atoms with van der Waals surface area (Å²) < 4.78 is 29.3. The van der Waals surface area contributed by atoms with Gasteiger partial charge in [0, 0.05) is 5.56 Å². The molecule has 0 aliphatic heterocycles. The third-order valence-corrected chi connectivity index (χ3v) is 3.36. The molecule has 1 fully saturated rings. The number of ether oxygens (including phenoxy) is 1. The first-order chi connectivity index (χ1) is 7.97. The largest absolute Gasteiger partial charge is 0.434 e. The van der Waals surface area contributed by atoms with Gasteiger partial charge in [-0.25, -0.2) is 0 Å². The van der Waals surface area contributed by atoms with Gasteiger partial charge in [0.15, 0.2) is 0 Å². The highest BCUT2D eigenvalue weighted by Gasteiger charge is 2.50. The van der Waals surface area contributed by atoms with Crippen molar-refractivity contribution in [1.82, 2.24) is 0 Å². The van der Waals surface area contributed by atoms with E-state index in [4.69, 9.17) is 0 Å². The van der Waals surface area contributed by atoms with Gasteiger partial charge in [0.2, 0.25) is 0 Å². The number of hydrogen-bond donors (Lipinski definition) is 0. The number of alkyl halides is 2. The second kappa shape index (κ2) is 4.09. The predicted octanol–water partition coefficient (Wildman–Crippen LogP) is 3.22. The van der Waals surface area contributed by atoms with E-state index < -0.39 is 12.0 Å². The van der Waals surface area contributed by atoms with Gasteiger partial charge in [-0.3, -0.25) is 4.79 Å². The lowest BCUT2D eigenvalue weighted by Gasteiger charge is -2.18. The van der Waals surface area contributed by atoms with Crippen molar-refractivity contribution >= 4 is 5.78 Å². The van der Waals surface area contributed by atoms with Crippen molar-refractivity contribution in [2.45, 2.75) is 38.7 Å². The van der Waals surface area contributed by atoms with Gasteiger partial charge in [-0.05, 0) is 32.3 Å². The van der Waals surface area contributed by atoms with Crippen LogP contribution in [0.2, 0.25) is 0 Å². The Bertz CT molecular complexity index is 451. The van der Waals surface area contributed by atoms with Crippen molar-refractivity contribution in [2.75, 3.05) is 0 Å². The topological polar surface area (TPSA) is 26.3 Å². The number of carbonyl (C=O) groups is 1. The smallest absolute Gasteiger partial charge is 0.387 e. The Morgan fingerprint density at radius 1 is 1.41 bits per heavy atom. The first-order valence-electron chi connectivity index (χ1n) is 5.53. The minimum Gasteiger partial charge on any atom is -0.434 e. The second-order valence-electron chi connectivity index (χ2n) is 4.47. The van der Waals surface area contributed by atoms with E-state index >= 15 is 0 Å². The van der Waals surface area contributed by atoms with Gasteiger partial charge in [-0.15, -0.1) is 0 Å². The number of Topliss-reactive ketones (excluding diaryl/α,β-unsaturated/α-hetero) is 1. The molecule has 2 nitrogen and oxygen atoms in total. The zero-order valence-corrected chi connectivity index (χ0v) is 9.80. The highest BCUT2D eigenvalue weighted by Crippen LogP contribution is 2.52. The summed E-state index contributed by atoms with van der Waals surface area (Å²) in [5.74, 6) is 0.178. The average Bonchev–Trinajstić information content (AvgIpc) is 3.01. The van der Waals surface area contributed by atoms with Crippen molar-refractivity contribution in [1.29, 1.82) is 0 Å². The number of ketones is 1. The zero-order chi connectivity index (χ0) is 12.6. The van der Waals surface area contributed by atoms with Crippen molar-refractivity contribution in [2.24, 2.45) is 0 Å². The van der Waals surface area contributed by atoms with Crippen LogP contribution in [-0.4, -0.2) is 12.4 Å². The maximum atomic E-state index is 12.4. The number of halogens is 2. The van der Waals surface area contributed by atoms with Gasteiger partial charge in [-0.1, -0.05) is 18.2 Å². The summed E-state index contributed by atoms with van der Waals surface area (Å²) in [4.78, 5) is 11.6. The molecule has 0 radical (unpaired) electrons. The first kappa shape index (κ1) is 12.0. The zero-order valence-electron chi connectivity index (χ0n) is 9.80. The van der Waals surface area contributed by atoms with E-state index in [9.17, 15) is 13.6 Å². The Hall–Kier alpha value is -1.45. The Morgan fingerprint density at radius 2 is 2.06 bits per heavy atom. The average molecular weight is 240 g/mol. The van der Waals surface area contributed by atoms with E-state index in [1.54, 1.807) is 25.1 Å². The van der Waals surface area contributed by atoms with Crippen molar-refractivity contribution in [3.63, 3.8) is 0 Å². The van der Waals surface area contributed by atoms with Crippen LogP contribution >= 0.6 is 0 Å². The molecule has 1 aromatic carbocycles. The number of carbonyl (C=O) groups excluding carboxylic acids is 1. The molecular weight excluding hydrogens is 226 g/mol. The molecule has 92 valence electrons. The van der Waals surface area contributed by atoms with Crippen LogP contribution < -0.4 is 4.74 Å². The van der Waals surface area contributed by atoms with E-state index in [1.807, 2.05) is 0 Å². The Morgan fingerprint density at radius 3 is 2.53 bits per heavy atom. The lowest BCUT2D eigenvalue weighted by atomic mass is 9.90. The van der Waals surface area contributed by atoms with Crippen molar-refractivity contribution in [3.8, 4) is 5.75 Å². The molecule has 17 heavy (non-hydrogen) atoms. The predicted molar refractivity (Wildman–Crippen MR) is 59.4 cm³/mol. The summed E-state index contributed by atoms with van der Waals surface area (Å²) in [5, 5.41) is 0. The quantitative estimate of drug-likeness (QED) is 0.807. The fourth-order valence-electron chi connectivity index (χ4n) is 2.21. The van der Waals surface area contributed by atoms with Gasteiger partial charge in [-0.2, -0.15) is 8.78 Å². The molecule has 0 N–H and O–H groups in total. The molecule has 0 aromatic heterocycles. The monoisotopic (exact) mass is 240 g/mol. The maximum Gasteiger partial charge on any atom is 0.387 e. The van der Waals surface area contributed by atoms with Gasteiger partial charge in [0.05, 0.1) is 5.41 Å². The normalized spacial score (nSPS) is 17.0. The number of aryl methyl sites for hydroxylation is 1. The van der Waals surface area contributed by atoms with E-state index in [0.717, 1.165) is 0 Å². The highest BCUT2D eigenvalue weighted by atomic mass is 19.3. The summed E-state index contributed by atoms with van der Waals surface area (Å²) in [6.07, 6.45) is 1.43. The summed E-state index contributed by atoms with van der Waals surface area (Å²) in [6, 6.07) is 5.18. The third-order valence-electron chi connectivity index (χ3n) is 3.36. The van der Waals surface area contributed by atoms with Crippen LogP contribution in [0.5, 0.6) is 5.75 Å². The minimum absolute atomic E-state index is 0.0159. The highest BCUT2D eigenvalue weighted by molar-refractivity contribution is 5.92. The Balaban J connectivity index is 2.47. The molecule has 0 unspecified atom stereocenters. The molecule has 0 amide bonds. The summed E-state index contributed by atoms with van der Waals surface area (Å²) in [7, 11) is 0. The van der Waals surface area contributed by atoms with Crippen LogP contribution in [0.15, 0.2) is 18.2 Å². The molecule has 1 aliphatic rings. The molecule has 1 aromatic rings. The van der Waals surface area contributed by atoms with Gasteiger partial charge in [0.25, 0.3) is 0 Å². The number of para-hydroxylation sites is 1. The lowest BCUT2D eigenvalue weighted by Crippen LogP contribution is -2.19. The van der Waals surface area contributed by atoms with E-state index in [1.165, 1.54) is 6.92 Å². The fourth-order valence-corrected chi connectivity index (χ4v) is 2.21. The molecule has 2 rings (SSSR count). The Labute approximate surface area is 98.6 Å². The van der Waals surface area contributed by atoms with Crippen molar-refractivity contribution < 1.29 is 18.3 Å². The van der Waals surface area contributed by atoms with Crippen LogP contribution in [0.25, 0.3) is 0 Å². The SMILES string of the molecule is CC(=O)C1(c2cccc(C)c2OC(F)F)CC1. The lowest BCUT2D eigenvalue weighted by molar-refractivity contribution is -0.119. The number of rotatable bonds is 4. The summed E-state index contributed by atoms with van der Waals surface area (Å²) in [6.45, 7) is 0.344. The van der Waals surface area contributed by atoms with Crippen LogP contribution in [0.4, 0.5) is 8.78 Å². The van der Waals surface area contributed by atoms with Gasteiger partial charge < -0.3 is 4.74 Å². The molecule has 1 saturated carbocycles. The van der Waals surface area contributed by atoms with Crippen molar-refractivity contribution in [3.05, 3.63) is 29.3 Å². The molecule has 0 atom stereocenters. The second-order valence-corrected chi connectivity index (χ2v) is 4.47. The molecule has 1 aliphatic carbocycles. The Kier molecular flexibility index (Phi) is 2.89. The summed E-state index contributed by atoms with van der Waals surface area (Å²) >= 11 is 0. The minimum atomic E-state index is -2.86.